The number of benzene rings is 1. The van der Waals surface area contributed by atoms with Gasteiger partial charge in [-0.25, -0.2) is 9.50 Å². The number of rotatable bonds is 3. The molecule has 1 fully saturated rings. The molecule has 1 amide bonds. The molecule has 1 aromatic carbocycles. The SMILES string of the molecule is Cc1ccccc1[C@@H]1CCCN1C(=O)c1cnn2c(C(F)(F)F)cc(-c3ccco3)nc12. The van der Waals surface area contributed by atoms with Gasteiger partial charge < -0.3 is 9.32 Å². The van der Waals surface area contributed by atoms with Crippen LogP contribution in [-0.4, -0.2) is 31.9 Å². The normalized spacial score (nSPS) is 16.8. The Morgan fingerprint density at radius 1 is 1.19 bits per heavy atom. The fraction of sp³-hybridized carbons (Fsp3) is 0.261. The van der Waals surface area contributed by atoms with Crippen molar-refractivity contribution in [3.63, 3.8) is 0 Å². The predicted molar refractivity (Wildman–Crippen MR) is 110 cm³/mol. The van der Waals surface area contributed by atoms with Crippen LogP contribution in [0, 0.1) is 6.92 Å². The van der Waals surface area contributed by atoms with Crippen LogP contribution in [0.1, 0.15) is 46.1 Å². The van der Waals surface area contributed by atoms with Crippen LogP contribution in [-0.2, 0) is 6.18 Å². The van der Waals surface area contributed by atoms with E-state index in [0.717, 1.165) is 30.0 Å². The fourth-order valence-electron chi connectivity index (χ4n) is 4.31. The van der Waals surface area contributed by atoms with Crippen molar-refractivity contribution in [1.82, 2.24) is 19.5 Å². The first-order valence-corrected chi connectivity index (χ1v) is 10.2. The summed E-state index contributed by atoms with van der Waals surface area (Å²) in [6, 6.07) is 11.6. The number of halogens is 3. The van der Waals surface area contributed by atoms with E-state index in [1.807, 2.05) is 31.2 Å². The molecule has 9 heteroatoms. The van der Waals surface area contributed by atoms with Gasteiger partial charge >= 0.3 is 6.18 Å². The Kier molecular flexibility index (Phi) is 4.76. The molecule has 0 aliphatic carbocycles. The molecule has 0 radical (unpaired) electrons. The molecule has 0 N–H and O–H groups in total. The number of likely N-dealkylation sites (tertiary alicyclic amines) is 1. The standard InChI is InChI=1S/C23H19F3N4O2/c1-14-6-2-3-7-15(14)18-8-4-10-29(18)22(31)16-13-27-30-20(23(24,25)26)12-17(28-21(16)30)19-9-5-11-32-19/h2-3,5-7,9,11-13,18H,4,8,10H2,1H3/t18-/m0/s1. The van der Waals surface area contributed by atoms with Crippen LogP contribution in [0.2, 0.25) is 0 Å². The van der Waals surface area contributed by atoms with Gasteiger partial charge in [0.15, 0.2) is 17.1 Å². The summed E-state index contributed by atoms with van der Waals surface area (Å²) >= 11 is 0. The van der Waals surface area contributed by atoms with E-state index in [9.17, 15) is 18.0 Å². The molecule has 0 saturated carbocycles. The molecular formula is C23H19F3N4O2. The molecule has 3 aromatic heterocycles. The third kappa shape index (κ3) is 3.34. The van der Waals surface area contributed by atoms with Crippen molar-refractivity contribution in [3.05, 3.63) is 77.3 Å². The van der Waals surface area contributed by atoms with Crippen molar-refractivity contribution in [2.45, 2.75) is 32.0 Å². The zero-order valence-electron chi connectivity index (χ0n) is 17.1. The minimum Gasteiger partial charge on any atom is -0.463 e. The Morgan fingerprint density at radius 2 is 2.00 bits per heavy atom. The smallest absolute Gasteiger partial charge is 0.433 e. The lowest BCUT2D eigenvalue weighted by Gasteiger charge is -2.26. The van der Waals surface area contributed by atoms with Crippen LogP contribution >= 0.6 is 0 Å². The number of hydrogen-bond acceptors (Lipinski definition) is 4. The summed E-state index contributed by atoms with van der Waals surface area (Å²) in [5.74, 6) is -0.209. The highest BCUT2D eigenvalue weighted by molar-refractivity contribution is 6.00. The van der Waals surface area contributed by atoms with Gasteiger partial charge in [-0.15, -0.1) is 0 Å². The molecule has 0 spiro atoms. The van der Waals surface area contributed by atoms with E-state index in [2.05, 4.69) is 10.1 Å². The lowest BCUT2D eigenvalue weighted by atomic mass is 9.99. The Morgan fingerprint density at radius 3 is 2.72 bits per heavy atom. The summed E-state index contributed by atoms with van der Waals surface area (Å²) in [4.78, 5) is 19.5. The van der Waals surface area contributed by atoms with Gasteiger partial charge in [0, 0.05) is 6.54 Å². The summed E-state index contributed by atoms with van der Waals surface area (Å²) in [6.45, 7) is 2.50. The first-order valence-electron chi connectivity index (χ1n) is 10.2. The Hall–Kier alpha value is -3.62. The van der Waals surface area contributed by atoms with Crippen LogP contribution in [0.4, 0.5) is 13.2 Å². The third-order valence-corrected chi connectivity index (χ3v) is 5.83. The molecule has 32 heavy (non-hydrogen) atoms. The minimum atomic E-state index is -4.69. The average Bonchev–Trinajstić information content (AvgIpc) is 3.52. The number of amides is 1. The second kappa shape index (κ2) is 7.51. The van der Waals surface area contributed by atoms with E-state index in [1.165, 1.54) is 18.5 Å². The Labute approximate surface area is 181 Å². The molecule has 1 saturated heterocycles. The summed E-state index contributed by atoms with van der Waals surface area (Å²) in [6.07, 6.45) is -0.573. The van der Waals surface area contributed by atoms with Crippen molar-refractivity contribution < 1.29 is 22.4 Å². The summed E-state index contributed by atoms with van der Waals surface area (Å²) in [7, 11) is 0. The molecule has 1 aliphatic rings. The first kappa shape index (κ1) is 20.3. The maximum Gasteiger partial charge on any atom is 0.433 e. The molecule has 164 valence electrons. The lowest BCUT2D eigenvalue weighted by molar-refractivity contribution is -0.142. The maximum atomic E-state index is 13.8. The van der Waals surface area contributed by atoms with Crippen molar-refractivity contribution in [1.29, 1.82) is 0 Å². The van der Waals surface area contributed by atoms with E-state index in [0.29, 0.717) is 11.1 Å². The van der Waals surface area contributed by atoms with Crippen molar-refractivity contribution in [2.75, 3.05) is 6.54 Å². The van der Waals surface area contributed by atoms with Crippen LogP contribution in [0.5, 0.6) is 0 Å². The predicted octanol–water partition coefficient (Wildman–Crippen LogP) is 5.29. The average molecular weight is 440 g/mol. The molecule has 1 aliphatic heterocycles. The Balaban J connectivity index is 1.62. The van der Waals surface area contributed by atoms with Gasteiger partial charge in [-0.1, -0.05) is 24.3 Å². The second-order valence-electron chi connectivity index (χ2n) is 7.81. The molecule has 1 atom stereocenters. The second-order valence-corrected chi connectivity index (χ2v) is 7.81. The molecule has 0 unspecified atom stereocenters. The number of carbonyl (C=O) groups is 1. The zero-order chi connectivity index (χ0) is 22.5. The van der Waals surface area contributed by atoms with Crippen molar-refractivity contribution >= 4 is 11.6 Å². The van der Waals surface area contributed by atoms with E-state index < -0.39 is 11.9 Å². The van der Waals surface area contributed by atoms with Gasteiger partial charge in [0.05, 0.1) is 18.5 Å². The molecule has 4 heterocycles. The molecule has 6 nitrogen and oxygen atoms in total. The number of nitrogens with zero attached hydrogens (tertiary/aromatic N) is 4. The highest BCUT2D eigenvalue weighted by Crippen LogP contribution is 2.36. The highest BCUT2D eigenvalue weighted by atomic mass is 19.4. The van der Waals surface area contributed by atoms with E-state index >= 15 is 0 Å². The monoisotopic (exact) mass is 440 g/mol. The van der Waals surface area contributed by atoms with Crippen LogP contribution in [0.25, 0.3) is 17.1 Å². The topological polar surface area (TPSA) is 63.6 Å². The summed E-state index contributed by atoms with van der Waals surface area (Å²) < 4.78 is 47.2. The summed E-state index contributed by atoms with van der Waals surface area (Å²) in [5, 5.41) is 3.87. The third-order valence-electron chi connectivity index (χ3n) is 5.83. The largest absolute Gasteiger partial charge is 0.463 e. The number of hydrogen-bond donors (Lipinski definition) is 0. The number of furan rings is 1. The van der Waals surface area contributed by atoms with Gasteiger partial charge in [-0.3, -0.25) is 4.79 Å². The van der Waals surface area contributed by atoms with Crippen LogP contribution in [0.3, 0.4) is 0 Å². The minimum absolute atomic E-state index is 0.0127. The van der Waals surface area contributed by atoms with Gasteiger partial charge in [-0.2, -0.15) is 18.3 Å². The fourth-order valence-corrected chi connectivity index (χ4v) is 4.31. The van der Waals surface area contributed by atoms with Gasteiger partial charge in [0.2, 0.25) is 0 Å². The first-order chi connectivity index (χ1) is 15.3. The quantitative estimate of drug-likeness (QED) is 0.434. The number of aromatic nitrogens is 3. The van der Waals surface area contributed by atoms with Gasteiger partial charge in [0.25, 0.3) is 5.91 Å². The van der Waals surface area contributed by atoms with E-state index in [-0.39, 0.29) is 34.6 Å². The molecular weight excluding hydrogens is 421 g/mol. The number of aryl methyl sites for hydroxylation is 1. The molecule has 0 bridgehead atoms. The van der Waals surface area contributed by atoms with Crippen molar-refractivity contribution in [3.8, 4) is 11.5 Å². The van der Waals surface area contributed by atoms with Crippen LogP contribution in [0.15, 0.2) is 59.3 Å². The van der Waals surface area contributed by atoms with E-state index in [4.69, 9.17) is 4.42 Å². The molecule has 4 aromatic rings. The number of fused-ring (bicyclic) bond motifs is 1. The Bertz CT molecular complexity index is 1290. The highest BCUT2D eigenvalue weighted by Gasteiger charge is 2.38. The number of alkyl halides is 3. The van der Waals surface area contributed by atoms with Crippen LogP contribution < -0.4 is 0 Å². The maximum absolute atomic E-state index is 13.8. The van der Waals surface area contributed by atoms with Gasteiger partial charge in [0.1, 0.15) is 11.3 Å². The van der Waals surface area contributed by atoms with Crippen molar-refractivity contribution in [2.24, 2.45) is 0 Å². The number of carbonyl (C=O) groups excluding carboxylic acids is 1. The zero-order valence-corrected chi connectivity index (χ0v) is 17.1. The summed E-state index contributed by atoms with van der Waals surface area (Å²) in [5.41, 5.74) is 0.951. The van der Waals surface area contributed by atoms with E-state index in [1.54, 1.807) is 11.0 Å². The molecule has 5 rings (SSSR count). The lowest BCUT2D eigenvalue weighted by Crippen LogP contribution is -2.31. The van der Waals surface area contributed by atoms with Gasteiger partial charge in [-0.05, 0) is 49.1 Å².